The highest BCUT2D eigenvalue weighted by atomic mass is 16.5. The molecule has 2 saturated heterocycles. The van der Waals surface area contributed by atoms with Crippen molar-refractivity contribution in [1.29, 1.82) is 0 Å². The van der Waals surface area contributed by atoms with Gasteiger partial charge in [-0.15, -0.1) is 0 Å². The van der Waals surface area contributed by atoms with Gasteiger partial charge in [-0.25, -0.2) is 0 Å². The van der Waals surface area contributed by atoms with Crippen molar-refractivity contribution < 1.29 is 14.4 Å². The lowest BCUT2D eigenvalue weighted by Crippen LogP contribution is -2.35. The summed E-state index contributed by atoms with van der Waals surface area (Å²) in [6.07, 6.45) is 5.53. The van der Waals surface area contributed by atoms with Gasteiger partial charge in [0, 0.05) is 37.7 Å². The second-order valence-electron chi connectivity index (χ2n) is 7.70. The summed E-state index contributed by atoms with van der Waals surface area (Å²) in [5, 5.41) is 13.7. The number of likely N-dealkylation sites (tertiary alicyclic amines) is 2. The van der Waals surface area contributed by atoms with E-state index in [1.165, 1.54) is 25.7 Å². The van der Waals surface area contributed by atoms with Gasteiger partial charge in [-0.2, -0.15) is 0 Å². The van der Waals surface area contributed by atoms with E-state index in [-0.39, 0.29) is 18.4 Å². The van der Waals surface area contributed by atoms with Crippen molar-refractivity contribution in [2.45, 2.75) is 46.0 Å². The number of aryl methyl sites for hydroxylation is 2. The molecule has 0 saturated carbocycles. The fourth-order valence-electron chi connectivity index (χ4n) is 4.22. The average Bonchev–Trinajstić information content (AvgIpc) is 3.02. The Morgan fingerprint density at radius 3 is 2.44 bits per heavy atom. The summed E-state index contributed by atoms with van der Waals surface area (Å²) in [5.41, 5.74) is 1.70. The molecule has 140 valence electrons. The van der Waals surface area contributed by atoms with Crippen LogP contribution in [0.1, 0.15) is 42.7 Å². The molecule has 2 aliphatic heterocycles. The predicted octanol–water partition coefficient (Wildman–Crippen LogP) is 1.78. The van der Waals surface area contributed by atoms with Crippen LogP contribution in [0, 0.1) is 25.7 Å². The van der Waals surface area contributed by atoms with Crippen LogP contribution < -0.4 is 0 Å². The summed E-state index contributed by atoms with van der Waals surface area (Å²) in [6.45, 7) is 8.62. The molecule has 6 heteroatoms. The number of nitrogens with zero attached hydrogens (tertiary/aromatic N) is 3. The van der Waals surface area contributed by atoms with Crippen LogP contribution in [0.5, 0.6) is 0 Å². The summed E-state index contributed by atoms with van der Waals surface area (Å²) in [6, 6.07) is 0. The van der Waals surface area contributed by atoms with Gasteiger partial charge in [0.2, 0.25) is 5.91 Å². The molecule has 6 nitrogen and oxygen atoms in total. The molecule has 0 bridgehead atoms. The van der Waals surface area contributed by atoms with Gasteiger partial charge in [0.15, 0.2) is 0 Å². The Morgan fingerprint density at radius 2 is 1.84 bits per heavy atom. The molecule has 1 N–H and O–H groups in total. The molecule has 0 aromatic carbocycles. The summed E-state index contributed by atoms with van der Waals surface area (Å²) in [4.78, 5) is 17.2. The topological polar surface area (TPSA) is 69.8 Å². The molecule has 2 fully saturated rings. The number of hydrogen-bond acceptors (Lipinski definition) is 5. The van der Waals surface area contributed by atoms with Gasteiger partial charge < -0.3 is 19.4 Å². The second-order valence-corrected chi connectivity index (χ2v) is 7.70. The second kappa shape index (κ2) is 8.32. The largest absolute Gasteiger partial charge is 0.396 e. The van der Waals surface area contributed by atoms with Crippen molar-refractivity contribution >= 4 is 5.91 Å². The first-order valence-corrected chi connectivity index (χ1v) is 9.61. The number of rotatable bonds is 5. The smallest absolute Gasteiger partial charge is 0.227 e. The van der Waals surface area contributed by atoms with Gasteiger partial charge in [0.1, 0.15) is 5.76 Å². The van der Waals surface area contributed by atoms with Crippen LogP contribution in [0.15, 0.2) is 4.52 Å². The summed E-state index contributed by atoms with van der Waals surface area (Å²) in [5.74, 6) is 1.41. The molecule has 25 heavy (non-hydrogen) atoms. The molecule has 2 atom stereocenters. The highest BCUT2D eigenvalue weighted by molar-refractivity contribution is 5.79. The number of aliphatic hydroxyl groups is 1. The van der Waals surface area contributed by atoms with E-state index in [0.717, 1.165) is 43.2 Å². The van der Waals surface area contributed by atoms with Gasteiger partial charge >= 0.3 is 0 Å². The first kappa shape index (κ1) is 18.4. The first-order valence-electron chi connectivity index (χ1n) is 9.61. The minimum absolute atomic E-state index is 0.117. The zero-order valence-electron chi connectivity index (χ0n) is 15.5. The lowest BCUT2D eigenvalue weighted by atomic mass is 9.96. The molecule has 1 aromatic rings. The summed E-state index contributed by atoms with van der Waals surface area (Å²) in [7, 11) is 0. The van der Waals surface area contributed by atoms with Crippen LogP contribution >= 0.6 is 0 Å². The standard InChI is InChI=1S/C19H31N3O3/c1-14-18(15(2)25-20-14)9-19(24)22-11-16(17(12-22)13-23)10-21-7-5-3-4-6-8-21/h16-17,23H,3-13H2,1-2H3/t16-,17-/m1/s1. The lowest BCUT2D eigenvalue weighted by molar-refractivity contribution is -0.129. The number of amides is 1. The molecule has 2 aliphatic rings. The van der Waals surface area contributed by atoms with Gasteiger partial charge in [0.25, 0.3) is 0 Å². The lowest BCUT2D eigenvalue weighted by Gasteiger charge is -2.26. The number of carbonyl (C=O) groups excluding carboxylic acids is 1. The Kier molecular flexibility index (Phi) is 6.12. The molecule has 3 rings (SSSR count). The van der Waals surface area contributed by atoms with Crippen molar-refractivity contribution in [2.75, 3.05) is 39.3 Å². The molecule has 1 amide bonds. The van der Waals surface area contributed by atoms with E-state index in [2.05, 4.69) is 10.1 Å². The van der Waals surface area contributed by atoms with E-state index in [9.17, 15) is 9.90 Å². The fraction of sp³-hybridized carbons (Fsp3) is 0.789. The first-order chi connectivity index (χ1) is 12.1. The molecule has 0 radical (unpaired) electrons. The van der Waals surface area contributed by atoms with E-state index >= 15 is 0 Å². The fourth-order valence-corrected chi connectivity index (χ4v) is 4.22. The number of aromatic nitrogens is 1. The van der Waals surface area contributed by atoms with E-state index in [0.29, 0.717) is 18.9 Å². The van der Waals surface area contributed by atoms with Crippen molar-refractivity contribution in [2.24, 2.45) is 11.8 Å². The van der Waals surface area contributed by atoms with Gasteiger partial charge in [-0.05, 0) is 45.7 Å². The Morgan fingerprint density at radius 1 is 1.16 bits per heavy atom. The number of aliphatic hydroxyl groups excluding tert-OH is 1. The Bertz CT molecular complexity index is 559. The molecule has 0 aliphatic carbocycles. The zero-order valence-corrected chi connectivity index (χ0v) is 15.5. The summed E-state index contributed by atoms with van der Waals surface area (Å²) < 4.78 is 5.17. The number of hydrogen-bond donors (Lipinski definition) is 1. The van der Waals surface area contributed by atoms with Crippen molar-refractivity contribution in [3.05, 3.63) is 17.0 Å². The van der Waals surface area contributed by atoms with Crippen LogP contribution in [0.3, 0.4) is 0 Å². The molecular weight excluding hydrogens is 318 g/mol. The number of carbonyl (C=O) groups is 1. The van der Waals surface area contributed by atoms with Gasteiger partial charge in [-0.1, -0.05) is 18.0 Å². The minimum Gasteiger partial charge on any atom is -0.396 e. The minimum atomic E-state index is 0.117. The van der Waals surface area contributed by atoms with Crippen LogP contribution in [0.2, 0.25) is 0 Å². The molecule has 0 spiro atoms. The molecule has 0 unspecified atom stereocenters. The highest BCUT2D eigenvalue weighted by Gasteiger charge is 2.36. The monoisotopic (exact) mass is 349 g/mol. The Hall–Kier alpha value is -1.40. The predicted molar refractivity (Wildman–Crippen MR) is 95.2 cm³/mol. The van der Waals surface area contributed by atoms with E-state index < -0.39 is 0 Å². The van der Waals surface area contributed by atoms with Crippen molar-refractivity contribution in [1.82, 2.24) is 15.0 Å². The zero-order chi connectivity index (χ0) is 17.8. The maximum absolute atomic E-state index is 12.7. The van der Waals surface area contributed by atoms with Crippen LogP contribution in [0.4, 0.5) is 0 Å². The third-order valence-electron chi connectivity index (χ3n) is 5.86. The normalized spacial score (nSPS) is 25.3. The van der Waals surface area contributed by atoms with Gasteiger partial charge in [-0.3, -0.25) is 4.79 Å². The van der Waals surface area contributed by atoms with Crippen LogP contribution in [-0.2, 0) is 11.2 Å². The van der Waals surface area contributed by atoms with E-state index in [1.54, 1.807) is 0 Å². The molecule has 3 heterocycles. The maximum Gasteiger partial charge on any atom is 0.227 e. The third kappa shape index (κ3) is 4.42. The SMILES string of the molecule is Cc1noc(C)c1CC(=O)N1C[C@@H](CN2CCCCCC2)[C@@H](CO)C1. The third-order valence-corrected chi connectivity index (χ3v) is 5.86. The quantitative estimate of drug-likeness (QED) is 0.877. The molecular formula is C19H31N3O3. The molecule has 1 aromatic heterocycles. The van der Waals surface area contributed by atoms with E-state index in [1.807, 2.05) is 18.7 Å². The Balaban J connectivity index is 1.59. The maximum atomic E-state index is 12.7. The summed E-state index contributed by atoms with van der Waals surface area (Å²) >= 11 is 0. The van der Waals surface area contributed by atoms with Gasteiger partial charge in [0.05, 0.1) is 12.1 Å². The highest BCUT2D eigenvalue weighted by Crippen LogP contribution is 2.26. The van der Waals surface area contributed by atoms with Crippen molar-refractivity contribution in [3.8, 4) is 0 Å². The Labute approximate surface area is 150 Å². The van der Waals surface area contributed by atoms with Crippen molar-refractivity contribution in [3.63, 3.8) is 0 Å². The van der Waals surface area contributed by atoms with E-state index in [4.69, 9.17) is 4.52 Å². The van der Waals surface area contributed by atoms with Crippen LogP contribution in [0.25, 0.3) is 0 Å². The average molecular weight is 349 g/mol. The van der Waals surface area contributed by atoms with Crippen LogP contribution in [-0.4, -0.2) is 65.3 Å².